The molecule has 20 heavy (non-hydrogen) atoms. The Kier molecular flexibility index (Phi) is 5.38. The Bertz CT molecular complexity index is 490. The van der Waals surface area contributed by atoms with Gasteiger partial charge in [-0.15, -0.1) is 0 Å². The second-order valence-electron chi connectivity index (χ2n) is 3.88. The minimum atomic E-state index is -4.71. The lowest BCUT2D eigenvalue weighted by Crippen LogP contribution is -2.30. The number of hydrogen-bond donors (Lipinski definition) is 2. The maximum absolute atomic E-state index is 12.7. The van der Waals surface area contributed by atoms with Gasteiger partial charge in [-0.25, -0.2) is 4.79 Å². The molecule has 0 radical (unpaired) electrons. The SMILES string of the molecule is CCOC(=O)C(O)C(O)c1ccc(Cl)c(C(F)(F)F)c1. The third-order valence-electron chi connectivity index (χ3n) is 2.46. The normalized spacial score (nSPS) is 14.8. The van der Waals surface area contributed by atoms with Gasteiger partial charge in [0.25, 0.3) is 0 Å². The molecule has 0 spiro atoms. The van der Waals surface area contributed by atoms with Gasteiger partial charge in [-0.1, -0.05) is 17.7 Å². The number of aliphatic hydroxyl groups excluding tert-OH is 2. The Morgan fingerprint density at radius 2 is 2.00 bits per heavy atom. The van der Waals surface area contributed by atoms with Crippen LogP contribution in [0.3, 0.4) is 0 Å². The van der Waals surface area contributed by atoms with E-state index in [0.717, 1.165) is 12.1 Å². The van der Waals surface area contributed by atoms with Gasteiger partial charge in [0, 0.05) is 0 Å². The standard InChI is InChI=1S/C12H12ClF3O4/c1-2-20-11(19)10(18)9(17)6-3-4-8(13)7(5-6)12(14,15)16/h3-5,9-10,17-18H,2H2,1H3. The molecule has 1 rings (SSSR count). The molecule has 0 saturated carbocycles. The lowest BCUT2D eigenvalue weighted by atomic mass is 10.0. The third-order valence-corrected chi connectivity index (χ3v) is 2.79. The van der Waals surface area contributed by atoms with Gasteiger partial charge in [0.05, 0.1) is 17.2 Å². The van der Waals surface area contributed by atoms with Crippen LogP contribution >= 0.6 is 11.6 Å². The van der Waals surface area contributed by atoms with Crippen molar-refractivity contribution in [2.75, 3.05) is 6.61 Å². The predicted octanol–water partition coefficient (Wildman–Crippen LogP) is 2.32. The van der Waals surface area contributed by atoms with Crippen LogP contribution in [0.4, 0.5) is 13.2 Å². The third kappa shape index (κ3) is 3.84. The van der Waals surface area contributed by atoms with E-state index >= 15 is 0 Å². The van der Waals surface area contributed by atoms with Crippen molar-refractivity contribution in [2.24, 2.45) is 0 Å². The molecule has 0 fully saturated rings. The first kappa shape index (κ1) is 16.7. The fourth-order valence-corrected chi connectivity index (χ4v) is 1.71. The fourth-order valence-electron chi connectivity index (χ4n) is 1.48. The maximum Gasteiger partial charge on any atom is 0.417 e. The van der Waals surface area contributed by atoms with E-state index in [9.17, 15) is 28.2 Å². The summed E-state index contributed by atoms with van der Waals surface area (Å²) in [7, 11) is 0. The summed E-state index contributed by atoms with van der Waals surface area (Å²) in [5.41, 5.74) is -1.45. The van der Waals surface area contributed by atoms with Crippen LogP contribution in [0.2, 0.25) is 5.02 Å². The van der Waals surface area contributed by atoms with Crippen molar-refractivity contribution in [1.82, 2.24) is 0 Å². The zero-order chi connectivity index (χ0) is 15.5. The second kappa shape index (κ2) is 6.43. The molecular weight excluding hydrogens is 301 g/mol. The maximum atomic E-state index is 12.7. The number of halogens is 4. The number of carbonyl (C=O) groups excluding carboxylic acids is 1. The van der Waals surface area contributed by atoms with Gasteiger partial charge in [-0.3, -0.25) is 0 Å². The molecule has 0 bridgehead atoms. The van der Waals surface area contributed by atoms with Gasteiger partial charge in [0.2, 0.25) is 0 Å². The summed E-state index contributed by atoms with van der Waals surface area (Å²) in [4.78, 5) is 11.2. The van der Waals surface area contributed by atoms with Gasteiger partial charge in [-0.2, -0.15) is 13.2 Å². The van der Waals surface area contributed by atoms with Crippen LogP contribution in [0.15, 0.2) is 18.2 Å². The first-order chi connectivity index (χ1) is 9.18. The van der Waals surface area contributed by atoms with Crippen LogP contribution in [0, 0.1) is 0 Å². The highest BCUT2D eigenvalue weighted by Gasteiger charge is 2.35. The number of alkyl halides is 3. The summed E-state index contributed by atoms with van der Waals surface area (Å²) in [6.45, 7) is 1.46. The smallest absolute Gasteiger partial charge is 0.417 e. The number of benzene rings is 1. The highest BCUT2D eigenvalue weighted by molar-refractivity contribution is 6.31. The molecule has 0 aliphatic heterocycles. The van der Waals surface area contributed by atoms with Crippen LogP contribution in [0.5, 0.6) is 0 Å². The average molecular weight is 313 g/mol. The second-order valence-corrected chi connectivity index (χ2v) is 4.29. The van der Waals surface area contributed by atoms with Crippen LogP contribution in [0.1, 0.15) is 24.2 Å². The number of hydrogen-bond acceptors (Lipinski definition) is 4. The zero-order valence-electron chi connectivity index (χ0n) is 10.3. The summed E-state index contributed by atoms with van der Waals surface area (Å²) in [6.07, 6.45) is -8.52. The lowest BCUT2D eigenvalue weighted by Gasteiger charge is -2.18. The summed E-state index contributed by atoms with van der Waals surface area (Å²) in [6, 6.07) is 2.60. The molecule has 8 heteroatoms. The quantitative estimate of drug-likeness (QED) is 0.837. The summed E-state index contributed by atoms with van der Waals surface area (Å²) in [5, 5.41) is 18.7. The highest BCUT2D eigenvalue weighted by Crippen LogP contribution is 2.36. The van der Waals surface area contributed by atoms with E-state index in [4.69, 9.17) is 11.6 Å². The molecule has 2 N–H and O–H groups in total. The lowest BCUT2D eigenvalue weighted by molar-refractivity contribution is -0.159. The van der Waals surface area contributed by atoms with E-state index in [1.807, 2.05) is 0 Å². The topological polar surface area (TPSA) is 66.8 Å². The number of ether oxygens (including phenoxy) is 1. The van der Waals surface area contributed by atoms with Crippen LogP contribution in [0.25, 0.3) is 0 Å². The average Bonchev–Trinajstić information content (AvgIpc) is 2.36. The molecule has 0 heterocycles. The van der Waals surface area contributed by atoms with Gasteiger partial charge in [-0.05, 0) is 24.6 Å². The molecule has 1 aromatic rings. The van der Waals surface area contributed by atoms with E-state index in [2.05, 4.69) is 4.74 Å². The molecule has 2 atom stereocenters. The molecule has 2 unspecified atom stereocenters. The number of esters is 1. The molecule has 0 aliphatic carbocycles. The van der Waals surface area contributed by atoms with Crippen molar-refractivity contribution in [3.8, 4) is 0 Å². The first-order valence-electron chi connectivity index (χ1n) is 5.58. The van der Waals surface area contributed by atoms with Crippen molar-refractivity contribution >= 4 is 17.6 Å². The van der Waals surface area contributed by atoms with Gasteiger partial charge >= 0.3 is 12.1 Å². The molecule has 1 aromatic carbocycles. The molecule has 0 aromatic heterocycles. The van der Waals surface area contributed by atoms with E-state index in [1.165, 1.54) is 6.92 Å². The zero-order valence-corrected chi connectivity index (χ0v) is 11.1. The Balaban J connectivity index is 3.05. The Morgan fingerprint density at radius 3 is 2.50 bits per heavy atom. The summed E-state index contributed by atoms with van der Waals surface area (Å²) >= 11 is 5.42. The summed E-state index contributed by atoms with van der Waals surface area (Å²) in [5.74, 6) is -1.12. The largest absolute Gasteiger partial charge is 0.464 e. The minimum absolute atomic E-state index is 0.0307. The van der Waals surface area contributed by atoms with Crippen molar-refractivity contribution in [3.05, 3.63) is 34.3 Å². The molecule has 4 nitrogen and oxygen atoms in total. The van der Waals surface area contributed by atoms with E-state index in [1.54, 1.807) is 0 Å². The van der Waals surface area contributed by atoms with Crippen molar-refractivity contribution in [2.45, 2.75) is 25.3 Å². The molecule has 0 aliphatic rings. The molecule has 0 saturated heterocycles. The number of aliphatic hydroxyl groups is 2. The number of rotatable bonds is 4. The van der Waals surface area contributed by atoms with Crippen molar-refractivity contribution < 1.29 is 32.9 Å². The van der Waals surface area contributed by atoms with Gasteiger partial charge < -0.3 is 14.9 Å². The van der Waals surface area contributed by atoms with Crippen LogP contribution in [-0.4, -0.2) is 28.9 Å². The number of carbonyl (C=O) groups is 1. The van der Waals surface area contributed by atoms with Gasteiger partial charge in [0.1, 0.15) is 6.10 Å². The Labute approximate surface area is 117 Å². The van der Waals surface area contributed by atoms with Crippen LogP contribution in [-0.2, 0) is 15.7 Å². The van der Waals surface area contributed by atoms with Crippen molar-refractivity contribution in [1.29, 1.82) is 0 Å². The minimum Gasteiger partial charge on any atom is -0.464 e. The molecule has 0 amide bonds. The first-order valence-corrected chi connectivity index (χ1v) is 5.95. The monoisotopic (exact) mass is 312 g/mol. The van der Waals surface area contributed by atoms with Crippen LogP contribution < -0.4 is 0 Å². The predicted molar refractivity (Wildman–Crippen MR) is 64.1 cm³/mol. The van der Waals surface area contributed by atoms with E-state index < -0.39 is 34.9 Å². The summed E-state index contributed by atoms with van der Waals surface area (Å²) < 4.78 is 42.4. The Hall–Kier alpha value is -1.31. The highest BCUT2D eigenvalue weighted by atomic mass is 35.5. The van der Waals surface area contributed by atoms with E-state index in [-0.39, 0.29) is 12.2 Å². The molecular formula is C12H12ClF3O4. The fraction of sp³-hybridized carbons (Fsp3) is 0.417. The van der Waals surface area contributed by atoms with Crippen molar-refractivity contribution in [3.63, 3.8) is 0 Å². The Morgan fingerprint density at radius 1 is 1.40 bits per heavy atom. The van der Waals surface area contributed by atoms with Gasteiger partial charge in [0.15, 0.2) is 6.10 Å². The van der Waals surface area contributed by atoms with E-state index in [0.29, 0.717) is 6.07 Å². The molecule has 112 valence electrons.